The van der Waals surface area contributed by atoms with Crippen molar-refractivity contribution in [2.45, 2.75) is 58.0 Å². The molecule has 0 saturated carbocycles. The molecule has 1 N–H and O–H groups in total. The first-order valence-electron chi connectivity index (χ1n) is 14.5. The molecule has 1 atom stereocenters. The number of nitrogens with one attached hydrogen (secondary N) is 1. The zero-order valence-electron chi connectivity index (χ0n) is 26.1. The van der Waals surface area contributed by atoms with E-state index in [4.69, 9.17) is 30.5 Å². The summed E-state index contributed by atoms with van der Waals surface area (Å²) >= 11 is 6.13. The molecule has 1 heterocycles. The number of methoxy groups -OCH3 is 2. The number of rotatable bonds is 12. The Hall–Kier alpha value is -4.32. The fourth-order valence-corrected chi connectivity index (χ4v) is 5.04. The number of amides is 1. The van der Waals surface area contributed by atoms with Crippen LogP contribution in [0.2, 0.25) is 5.02 Å². The molecule has 13 heteroatoms. The number of hydrogen-bond donors (Lipinski definition) is 1. The Morgan fingerprint density at radius 3 is 2.28 bits per heavy atom. The minimum atomic E-state index is -4.95. The average Bonchev–Trinajstić information content (AvgIpc) is 3.38. The van der Waals surface area contributed by atoms with E-state index in [2.05, 4.69) is 10.1 Å². The van der Waals surface area contributed by atoms with Gasteiger partial charge >= 0.3 is 12.3 Å². The maximum atomic E-state index is 14.2. The first-order valence-corrected chi connectivity index (χ1v) is 14.9. The van der Waals surface area contributed by atoms with Gasteiger partial charge in [0.1, 0.15) is 23.1 Å². The number of anilines is 2. The van der Waals surface area contributed by atoms with E-state index < -0.39 is 29.7 Å². The number of benzene rings is 3. The second-order valence-electron chi connectivity index (χ2n) is 11.5. The van der Waals surface area contributed by atoms with Gasteiger partial charge in [0, 0.05) is 47.9 Å². The number of carbonyl (C=O) groups is 2. The highest BCUT2D eigenvalue weighted by atomic mass is 35.5. The maximum Gasteiger partial charge on any atom is 0.573 e. The van der Waals surface area contributed by atoms with Crippen molar-refractivity contribution in [3.8, 4) is 23.0 Å². The van der Waals surface area contributed by atoms with Crippen LogP contribution < -0.4 is 29.2 Å². The fourth-order valence-electron chi connectivity index (χ4n) is 4.91. The van der Waals surface area contributed by atoms with E-state index in [0.717, 1.165) is 0 Å². The molecule has 0 bridgehead atoms. The summed E-state index contributed by atoms with van der Waals surface area (Å²) in [5.74, 6) is -0.513. The van der Waals surface area contributed by atoms with Crippen LogP contribution in [0.25, 0.3) is 0 Å². The molecule has 1 aliphatic rings. The lowest BCUT2D eigenvalue weighted by Crippen LogP contribution is -2.37. The molecule has 4 rings (SSSR count). The van der Waals surface area contributed by atoms with Gasteiger partial charge in [0.25, 0.3) is 5.91 Å². The number of alkyl halides is 3. The van der Waals surface area contributed by atoms with Gasteiger partial charge in [0.05, 0.1) is 26.5 Å². The molecule has 46 heavy (non-hydrogen) atoms. The quantitative estimate of drug-likeness (QED) is 0.157. The molecule has 0 radical (unpaired) electrons. The van der Waals surface area contributed by atoms with E-state index in [1.807, 2.05) is 0 Å². The number of ether oxygens (including phenoxy) is 5. The molecular weight excluding hydrogens is 629 g/mol. The standard InChI is InChI=1S/C33H36ClF3N2O7/c1-32(2,3)46-29(40)7-6-14-44-25-17-23(16-24(18-25)42-4)38-30(20-8-10-22(34)11-9-20)31(41)39-13-12-21-15-27(43-5)28(19-26(21)39)45-33(35,36)37/h8-11,15-19,30,38H,6-7,12-14H2,1-5H3. The zero-order chi connectivity index (χ0) is 33.6. The van der Waals surface area contributed by atoms with Crippen molar-refractivity contribution >= 4 is 34.9 Å². The van der Waals surface area contributed by atoms with Gasteiger partial charge in [-0.25, -0.2) is 0 Å². The number of nitrogens with zero attached hydrogens (tertiary/aromatic N) is 1. The zero-order valence-corrected chi connectivity index (χ0v) is 26.9. The largest absolute Gasteiger partial charge is 0.573 e. The predicted molar refractivity (Wildman–Crippen MR) is 167 cm³/mol. The van der Waals surface area contributed by atoms with Gasteiger partial charge < -0.3 is 33.9 Å². The number of esters is 1. The predicted octanol–water partition coefficient (Wildman–Crippen LogP) is 7.50. The van der Waals surface area contributed by atoms with Gasteiger partial charge in [-0.2, -0.15) is 0 Å². The van der Waals surface area contributed by atoms with Crippen LogP contribution in [-0.4, -0.2) is 51.2 Å². The molecule has 0 aliphatic carbocycles. The third-order valence-corrected chi connectivity index (χ3v) is 7.10. The van der Waals surface area contributed by atoms with Crippen LogP contribution in [0.5, 0.6) is 23.0 Å². The van der Waals surface area contributed by atoms with Crippen LogP contribution in [0.3, 0.4) is 0 Å². The molecule has 0 spiro atoms. The van der Waals surface area contributed by atoms with Crippen LogP contribution in [0.15, 0.2) is 54.6 Å². The molecule has 9 nitrogen and oxygen atoms in total. The summed E-state index contributed by atoms with van der Waals surface area (Å²) in [6.07, 6.45) is -3.96. The Kier molecular flexibility index (Phi) is 10.8. The van der Waals surface area contributed by atoms with Crippen molar-refractivity contribution in [1.29, 1.82) is 0 Å². The Bertz CT molecular complexity index is 1540. The van der Waals surface area contributed by atoms with Crippen LogP contribution in [0.4, 0.5) is 24.5 Å². The summed E-state index contributed by atoms with van der Waals surface area (Å²) in [6, 6.07) is 13.3. The molecule has 3 aromatic rings. The fraction of sp³-hybridized carbons (Fsp3) is 0.394. The summed E-state index contributed by atoms with van der Waals surface area (Å²) in [7, 11) is 2.74. The van der Waals surface area contributed by atoms with Crippen LogP contribution >= 0.6 is 11.6 Å². The van der Waals surface area contributed by atoms with Crippen LogP contribution in [0, 0.1) is 0 Å². The molecule has 0 fully saturated rings. The van der Waals surface area contributed by atoms with Gasteiger partial charge in [-0.1, -0.05) is 23.7 Å². The Morgan fingerprint density at radius 2 is 1.65 bits per heavy atom. The first kappa shape index (κ1) is 34.6. The first-order chi connectivity index (χ1) is 21.7. The molecule has 248 valence electrons. The summed E-state index contributed by atoms with van der Waals surface area (Å²) in [4.78, 5) is 27.7. The van der Waals surface area contributed by atoms with E-state index in [9.17, 15) is 22.8 Å². The molecule has 0 saturated heterocycles. The summed E-state index contributed by atoms with van der Waals surface area (Å²) in [6.45, 7) is 5.85. The Labute approximate surface area is 270 Å². The van der Waals surface area contributed by atoms with Gasteiger partial charge in [-0.3, -0.25) is 9.59 Å². The van der Waals surface area contributed by atoms with Crippen molar-refractivity contribution in [2.24, 2.45) is 0 Å². The number of carbonyl (C=O) groups excluding carboxylic acids is 2. The summed E-state index contributed by atoms with van der Waals surface area (Å²) in [5.41, 5.74) is 1.38. The second kappa shape index (κ2) is 14.4. The highest BCUT2D eigenvalue weighted by Crippen LogP contribution is 2.42. The lowest BCUT2D eigenvalue weighted by Gasteiger charge is -2.27. The van der Waals surface area contributed by atoms with Gasteiger partial charge in [-0.05, 0) is 62.9 Å². The van der Waals surface area contributed by atoms with Gasteiger partial charge in [0.15, 0.2) is 11.5 Å². The van der Waals surface area contributed by atoms with E-state index in [0.29, 0.717) is 46.2 Å². The van der Waals surface area contributed by atoms with Crippen LogP contribution in [0.1, 0.15) is 50.8 Å². The van der Waals surface area contributed by atoms with Gasteiger partial charge in [0.2, 0.25) is 0 Å². The summed E-state index contributed by atoms with van der Waals surface area (Å²) < 4.78 is 65.5. The van der Waals surface area contributed by atoms with Crippen molar-refractivity contribution < 1.29 is 46.4 Å². The number of hydrogen-bond acceptors (Lipinski definition) is 8. The normalized spacial score (nSPS) is 13.5. The minimum Gasteiger partial charge on any atom is -0.497 e. The Balaban J connectivity index is 1.59. The highest BCUT2D eigenvalue weighted by molar-refractivity contribution is 6.30. The second-order valence-corrected chi connectivity index (χ2v) is 11.9. The average molecular weight is 665 g/mol. The number of halogens is 4. The molecule has 3 aromatic carbocycles. The van der Waals surface area contributed by atoms with Crippen molar-refractivity contribution in [2.75, 3.05) is 37.6 Å². The smallest absolute Gasteiger partial charge is 0.497 e. The van der Waals surface area contributed by atoms with Gasteiger partial charge in [-0.15, -0.1) is 13.2 Å². The van der Waals surface area contributed by atoms with Crippen molar-refractivity contribution in [3.63, 3.8) is 0 Å². The molecule has 1 unspecified atom stereocenters. The van der Waals surface area contributed by atoms with E-state index in [-0.39, 0.29) is 37.0 Å². The monoisotopic (exact) mass is 664 g/mol. The Morgan fingerprint density at radius 1 is 0.957 bits per heavy atom. The highest BCUT2D eigenvalue weighted by Gasteiger charge is 2.36. The van der Waals surface area contributed by atoms with E-state index in [1.54, 1.807) is 63.2 Å². The molecule has 0 aromatic heterocycles. The van der Waals surface area contributed by atoms with Crippen molar-refractivity contribution in [1.82, 2.24) is 0 Å². The van der Waals surface area contributed by atoms with E-state index >= 15 is 0 Å². The molecule has 1 aliphatic heterocycles. The SMILES string of the molecule is COc1cc(NC(C(=O)N2CCc3cc(OC)c(OC(F)(F)F)cc32)c2ccc(Cl)cc2)cc(OCCCC(=O)OC(C)(C)C)c1. The minimum absolute atomic E-state index is 0.0900. The lowest BCUT2D eigenvalue weighted by molar-refractivity contribution is -0.275. The third kappa shape index (κ3) is 9.35. The number of fused-ring (bicyclic) bond motifs is 1. The maximum absolute atomic E-state index is 14.2. The third-order valence-electron chi connectivity index (χ3n) is 6.84. The van der Waals surface area contributed by atoms with E-state index in [1.165, 1.54) is 31.3 Å². The molecule has 1 amide bonds. The van der Waals surface area contributed by atoms with Crippen molar-refractivity contribution in [3.05, 3.63) is 70.7 Å². The topological polar surface area (TPSA) is 95.6 Å². The molecular formula is C33H36ClF3N2O7. The summed E-state index contributed by atoms with van der Waals surface area (Å²) in [5, 5.41) is 3.71. The lowest BCUT2D eigenvalue weighted by atomic mass is 10.0. The van der Waals surface area contributed by atoms with Crippen LogP contribution in [-0.2, 0) is 20.7 Å².